The van der Waals surface area contributed by atoms with Gasteiger partial charge in [0.2, 0.25) is 0 Å². The third-order valence-corrected chi connectivity index (χ3v) is 2.77. The number of carbonyl (C=O) groups excluding carboxylic acids is 1. The SMILES string of the molecule is CC.CCCCC(CCC)Oc1ccc([C-]=O)cc1.[U]. The molecule has 0 amide bonds. The zero-order chi connectivity index (χ0) is 14.5. The second-order valence-corrected chi connectivity index (χ2v) is 4.30. The Morgan fingerprint density at radius 1 is 1.05 bits per heavy atom. The van der Waals surface area contributed by atoms with Gasteiger partial charge in [-0.3, -0.25) is 0 Å². The summed E-state index contributed by atoms with van der Waals surface area (Å²) in [6, 6.07) is 7.17. The Hall–Kier alpha value is -0.258. The van der Waals surface area contributed by atoms with E-state index in [4.69, 9.17) is 4.74 Å². The van der Waals surface area contributed by atoms with Crippen LogP contribution in [0.2, 0.25) is 0 Å². The fourth-order valence-electron chi connectivity index (χ4n) is 1.81. The summed E-state index contributed by atoms with van der Waals surface area (Å²) >= 11 is 0. The molecular formula is C17H27O2U-. The minimum atomic E-state index is 0. The molecule has 0 aliphatic rings. The van der Waals surface area contributed by atoms with Gasteiger partial charge in [-0.15, -0.1) is 0 Å². The summed E-state index contributed by atoms with van der Waals surface area (Å²) in [4.78, 5) is 10.4. The maximum Gasteiger partial charge on any atom is 0.0986 e. The van der Waals surface area contributed by atoms with Gasteiger partial charge in [-0.25, -0.2) is 0 Å². The molecule has 0 bridgehead atoms. The van der Waals surface area contributed by atoms with Gasteiger partial charge in [0.1, 0.15) is 0 Å². The predicted molar refractivity (Wildman–Crippen MR) is 81.4 cm³/mol. The molecule has 0 spiro atoms. The standard InChI is InChI=1S/C15H21O2.C2H6.U/c1-3-5-7-14(6-4-2)17-15-10-8-13(12-16)9-11-15;1-2;/h8-11,14H,3-7H2,1-2H3;1-2H3;/q-1;;. The molecule has 0 fully saturated rings. The Balaban J connectivity index is 0. The van der Waals surface area contributed by atoms with Gasteiger partial charge < -0.3 is 9.53 Å². The normalized spacial score (nSPS) is 10.6. The summed E-state index contributed by atoms with van der Waals surface area (Å²) in [5, 5.41) is 0. The molecule has 0 heterocycles. The molecule has 1 aromatic carbocycles. The van der Waals surface area contributed by atoms with E-state index in [0.717, 1.165) is 25.0 Å². The van der Waals surface area contributed by atoms with Gasteiger partial charge in [-0.05, 0) is 12.8 Å². The van der Waals surface area contributed by atoms with Crippen LogP contribution in [0.1, 0.15) is 65.4 Å². The molecule has 0 N–H and O–H groups in total. The molecule has 3 heteroatoms. The van der Waals surface area contributed by atoms with Crippen molar-refractivity contribution in [2.75, 3.05) is 0 Å². The van der Waals surface area contributed by atoms with Gasteiger partial charge >= 0.3 is 0 Å². The molecule has 0 saturated carbocycles. The van der Waals surface area contributed by atoms with Crippen LogP contribution >= 0.6 is 0 Å². The van der Waals surface area contributed by atoms with Crippen LogP contribution in [-0.2, 0) is 4.79 Å². The zero-order valence-electron chi connectivity index (χ0n) is 13.2. The molecule has 2 nitrogen and oxygen atoms in total. The molecule has 0 aromatic heterocycles. The molecule has 112 valence electrons. The summed E-state index contributed by atoms with van der Waals surface area (Å²) < 4.78 is 5.93. The first-order chi connectivity index (χ1) is 9.30. The number of hydrogen-bond donors (Lipinski definition) is 0. The average molecular weight is 501 g/mol. The molecule has 0 aliphatic heterocycles. The van der Waals surface area contributed by atoms with E-state index < -0.39 is 0 Å². The van der Waals surface area contributed by atoms with Gasteiger partial charge in [-0.1, -0.05) is 59.1 Å². The minimum Gasteiger partial charge on any atom is -0.493 e. The van der Waals surface area contributed by atoms with Crippen LogP contribution in [0.4, 0.5) is 0 Å². The number of hydrogen-bond acceptors (Lipinski definition) is 2. The Morgan fingerprint density at radius 2 is 1.65 bits per heavy atom. The first-order valence-corrected chi connectivity index (χ1v) is 7.45. The molecule has 1 rings (SSSR count). The fourth-order valence-corrected chi connectivity index (χ4v) is 1.81. The smallest absolute Gasteiger partial charge is 0.0986 e. The van der Waals surface area contributed by atoms with Crippen LogP contribution in [0.15, 0.2) is 24.3 Å². The first kappa shape index (κ1) is 22.0. The molecule has 0 radical (unpaired) electrons. The number of unbranched alkanes of at least 4 members (excludes halogenated alkanes) is 1. The predicted octanol–water partition coefficient (Wildman–Crippen LogP) is 4.91. The van der Waals surface area contributed by atoms with E-state index in [-0.39, 0.29) is 31.1 Å². The Morgan fingerprint density at radius 3 is 2.10 bits per heavy atom. The Bertz CT molecular complexity index is 322. The maximum absolute atomic E-state index is 10.4. The van der Waals surface area contributed by atoms with E-state index in [1.165, 1.54) is 12.8 Å². The van der Waals surface area contributed by atoms with E-state index in [0.29, 0.717) is 11.7 Å². The van der Waals surface area contributed by atoms with Gasteiger partial charge in [0.05, 0.1) is 18.1 Å². The second-order valence-electron chi connectivity index (χ2n) is 4.30. The molecule has 0 saturated heterocycles. The largest absolute Gasteiger partial charge is 0.493 e. The Kier molecular flexibility index (Phi) is 16.7. The summed E-state index contributed by atoms with van der Waals surface area (Å²) in [5.41, 5.74) is 0.568. The van der Waals surface area contributed by atoms with Crippen molar-refractivity contribution in [3.05, 3.63) is 29.8 Å². The fraction of sp³-hybridized carbons (Fsp3) is 0.588. The first-order valence-electron chi connectivity index (χ1n) is 7.45. The van der Waals surface area contributed by atoms with Crippen LogP contribution in [0.5, 0.6) is 5.75 Å². The molecule has 0 aliphatic carbocycles. The van der Waals surface area contributed by atoms with Crippen molar-refractivity contribution in [1.29, 1.82) is 0 Å². The number of benzene rings is 1. The molecule has 1 unspecified atom stereocenters. The van der Waals surface area contributed by atoms with Crippen LogP contribution in [0, 0.1) is 31.1 Å². The van der Waals surface area contributed by atoms with E-state index in [2.05, 4.69) is 13.8 Å². The van der Waals surface area contributed by atoms with Crippen LogP contribution < -0.4 is 4.74 Å². The average Bonchev–Trinajstić information content (AvgIpc) is 2.48. The van der Waals surface area contributed by atoms with E-state index in [9.17, 15) is 4.79 Å². The topological polar surface area (TPSA) is 26.3 Å². The second kappa shape index (κ2) is 15.1. The van der Waals surface area contributed by atoms with E-state index in [1.54, 1.807) is 12.1 Å². The van der Waals surface area contributed by atoms with Crippen molar-refractivity contribution in [2.45, 2.75) is 65.9 Å². The summed E-state index contributed by atoms with van der Waals surface area (Å²) in [7, 11) is 0. The number of ether oxygens (including phenoxy) is 1. The maximum atomic E-state index is 10.4. The minimum absolute atomic E-state index is 0. The third kappa shape index (κ3) is 9.62. The van der Waals surface area contributed by atoms with E-state index in [1.807, 2.05) is 32.3 Å². The summed E-state index contributed by atoms with van der Waals surface area (Å²) in [5.74, 6) is 0.846. The van der Waals surface area contributed by atoms with Gasteiger partial charge in [-0.2, -0.15) is 17.7 Å². The van der Waals surface area contributed by atoms with Crippen LogP contribution in [-0.4, -0.2) is 12.4 Å². The van der Waals surface area contributed by atoms with Crippen molar-refractivity contribution in [3.8, 4) is 5.75 Å². The summed E-state index contributed by atoms with van der Waals surface area (Å²) in [6.45, 7) is 8.37. The van der Waals surface area contributed by atoms with Gasteiger partial charge in [0.25, 0.3) is 0 Å². The van der Waals surface area contributed by atoms with Crippen LogP contribution in [0.25, 0.3) is 0 Å². The number of rotatable bonds is 8. The van der Waals surface area contributed by atoms with Crippen molar-refractivity contribution in [2.24, 2.45) is 0 Å². The van der Waals surface area contributed by atoms with Crippen molar-refractivity contribution in [3.63, 3.8) is 0 Å². The zero-order valence-corrected chi connectivity index (χ0v) is 17.4. The van der Waals surface area contributed by atoms with Crippen molar-refractivity contribution in [1.82, 2.24) is 0 Å². The van der Waals surface area contributed by atoms with E-state index >= 15 is 0 Å². The molecular weight excluding hydrogens is 474 g/mol. The third-order valence-electron chi connectivity index (χ3n) is 2.77. The van der Waals surface area contributed by atoms with Gasteiger partial charge in [0, 0.05) is 31.1 Å². The monoisotopic (exact) mass is 501 g/mol. The van der Waals surface area contributed by atoms with Gasteiger partial charge in [0.15, 0.2) is 0 Å². The summed E-state index contributed by atoms with van der Waals surface area (Å²) in [6.07, 6.45) is 7.88. The molecule has 1 aromatic rings. The quantitative estimate of drug-likeness (QED) is 0.474. The molecule has 1 atom stereocenters. The molecule has 20 heavy (non-hydrogen) atoms. The Labute approximate surface area is 148 Å². The van der Waals surface area contributed by atoms with Crippen molar-refractivity contribution < 1.29 is 40.6 Å². The van der Waals surface area contributed by atoms with Crippen molar-refractivity contribution >= 4 is 6.29 Å². The van der Waals surface area contributed by atoms with Crippen LogP contribution in [0.3, 0.4) is 0 Å².